The first-order chi connectivity index (χ1) is 22.8. The summed E-state index contributed by atoms with van der Waals surface area (Å²) >= 11 is 6.45. The average Bonchev–Trinajstić information content (AvgIpc) is 3.71. The number of aliphatic hydroxyl groups is 1. The third-order valence-corrected chi connectivity index (χ3v) is 8.41. The molecule has 2 N–H and O–H groups in total. The lowest BCUT2D eigenvalue weighted by Gasteiger charge is -2.37. The van der Waals surface area contributed by atoms with E-state index in [9.17, 15) is 37.5 Å². The molecule has 2 aliphatic heterocycles. The number of nitrogens with zero attached hydrogens (tertiary/aromatic N) is 7. The van der Waals surface area contributed by atoms with Crippen LogP contribution in [0.2, 0.25) is 5.02 Å². The number of benzene rings is 1. The second-order valence-corrected chi connectivity index (χ2v) is 13.3. The summed E-state index contributed by atoms with van der Waals surface area (Å²) in [7, 11) is 2.76. The number of carbonyl (C=O) groups excluding carboxylic acids is 4. The Balaban J connectivity index is 1.20. The number of ether oxygens (including phenoxy) is 1. The van der Waals surface area contributed by atoms with Gasteiger partial charge in [-0.2, -0.15) is 18.3 Å². The van der Waals surface area contributed by atoms with Crippen molar-refractivity contribution in [2.24, 2.45) is 14.1 Å². The SMILES string of the molecule is Cn1cc(-c2cnc(C(=O)Nc3ccc(C(=O)N4CCN(C(=O)[C@@H]5C[C@@H](O)CN5C(=O)OC(C)(C)C)CC4)c(Cl)c3)n2C)c(C(F)(F)F)n1. The molecule has 4 heterocycles. The van der Waals surface area contributed by atoms with Crippen LogP contribution in [0.25, 0.3) is 11.3 Å². The van der Waals surface area contributed by atoms with Crippen molar-refractivity contribution < 1.29 is 42.2 Å². The standard InChI is InChI=1S/C31H36ClF3N8O6/c1-30(2,3)49-29(48)43-15-18(44)13-22(43)28(47)42-10-8-41(9-11-42)27(46)19-7-6-17(12-21(19)32)37-26(45)25-36-14-23(40(25)5)20-16-39(4)38-24(20)31(33,34)35/h6-7,12,14,16,18,22,44H,8-11,13,15H2,1-5H3,(H,37,45)/t18-,22+/m1/s1. The fourth-order valence-electron chi connectivity index (χ4n) is 5.79. The lowest BCUT2D eigenvalue weighted by molar-refractivity contribution is -0.141. The highest BCUT2D eigenvalue weighted by atomic mass is 35.5. The Bertz CT molecular complexity index is 1780. The third kappa shape index (κ3) is 7.67. The van der Waals surface area contributed by atoms with Crippen molar-refractivity contribution in [1.82, 2.24) is 34.0 Å². The van der Waals surface area contributed by atoms with E-state index < -0.39 is 47.5 Å². The number of piperazine rings is 1. The van der Waals surface area contributed by atoms with Gasteiger partial charge in [-0.25, -0.2) is 9.78 Å². The monoisotopic (exact) mass is 708 g/mol. The summed E-state index contributed by atoms with van der Waals surface area (Å²) in [4.78, 5) is 60.8. The lowest BCUT2D eigenvalue weighted by Crippen LogP contribution is -2.55. The molecule has 3 aromatic rings. The number of aliphatic hydroxyl groups excluding tert-OH is 1. The van der Waals surface area contributed by atoms with Gasteiger partial charge in [0.25, 0.3) is 11.8 Å². The summed E-state index contributed by atoms with van der Waals surface area (Å²) in [5, 5.41) is 16.3. The number of carbonyl (C=O) groups is 4. The van der Waals surface area contributed by atoms with Crippen LogP contribution in [0.15, 0.2) is 30.6 Å². The number of β-amino-alcohol motifs (C(OH)–C–C–N with tert-alkyl or cyclic N) is 1. The highest BCUT2D eigenvalue weighted by molar-refractivity contribution is 6.34. The minimum Gasteiger partial charge on any atom is -0.444 e. The molecule has 2 atom stereocenters. The maximum atomic E-state index is 13.5. The molecular weight excluding hydrogens is 673 g/mol. The van der Waals surface area contributed by atoms with E-state index in [1.54, 1.807) is 25.7 Å². The molecule has 2 fully saturated rings. The lowest BCUT2D eigenvalue weighted by atomic mass is 10.1. The molecule has 18 heteroatoms. The molecule has 0 spiro atoms. The van der Waals surface area contributed by atoms with E-state index in [2.05, 4.69) is 15.4 Å². The molecular formula is C31H36ClF3N8O6. The van der Waals surface area contributed by atoms with E-state index in [1.807, 2.05) is 0 Å². The van der Waals surface area contributed by atoms with Gasteiger partial charge < -0.3 is 29.5 Å². The van der Waals surface area contributed by atoms with Gasteiger partial charge in [0.15, 0.2) is 11.5 Å². The second-order valence-electron chi connectivity index (χ2n) is 12.9. The minimum atomic E-state index is -4.71. The van der Waals surface area contributed by atoms with Crippen molar-refractivity contribution in [3.63, 3.8) is 0 Å². The minimum absolute atomic E-state index is 0.0182. The van der Waals surface area contributed by atoms with Gasteiger partial charge in [0.2, 0.25) is 5.91 Å². The van der Waals surface area contributed by atoms with Gasteiger partial charge in [-0.1, -0.05) is 11.6 Å². The zero-order chi connectivity index (χ0) is 36.0. The highest BCUT2D eigenvalue weighted by Crippen LogP contribution is 2.36. The van der Waals surface area contributed by atoms with E-state index in [1.165, 1.54) is 52.9 Å². The molecule has 1 aromatic carbocycles. The number of halogens is 4. The quantitative estimate of drug-likeness (QED) is 0.409. The zero-order valence-electron chi connectivity index (χ0n) is 27.4. The maximum Gasteiger partial charge on any atom is 0.435 e. The summed E-state index contributed by atoms with van der Waals surface area (Å²) in [5.74, 6) is -1.62. The maximum absolute atomic E-state index is 13.5. The summed E-state index contributed by atoms with van der Waals surface area (Å²) in [6, 6.07) is 3.39. The van der Waals surface area contributed by atoms with Crippen LogP contribution in [-0.2, 0) is 29.8 Å². The largest absolute Gasteiger partial charge is 0.444 e. The first-order valence-corrected chi connectivity index (χ1v) is 15.7. The molecule has 0 bridgehead atoms. The smallest absolute Gasteiger partial charge is 0.435 e. The molecule has 264 valence electrons. The van der Waals surface area contributed by atoms with E-state index in [0.717, 1.165) is 10.9 Å². The van der Waals surface area contributed by atoms with E-state index >= 15 is 0 Å². The molecule has 5 rings (SSSR count). The van der Waals surface area contributed by atoms with Gasteiger partial charge >= 0.3 is 12.3 Å². The molecule has 0 unspecified atom stereocenters. The molecule has 2 aromatic heterocycles. The van der Waals surface area contributed by atoms with Gasteiger partial charge in [-0.15, -0.1) is 0 Å². The molecule has 0 saturated carbocycles. The Morgan fingerprint density at radius 2 is 1.69 bits per heavy atom. The Labute approximate surface area is 284 Å². The van der Waals surface area contributed by atoms with E-state index in [4.69, 9.17) is 16.3 Å². The number of aryl methyl sites for hydroxylation is 1. The summed E-state index contributed by atoms with van der Waals surface area (Å²) in [6.07, 6.45) is -3.83. The van der Waals surface area contributed by atoms with Gasteiger partial charge in [0, 0.05) is 58.6 Å². The average molecular weight is 709 g/mol. The summed E-state index contributed by atoms with van der Waals surface area (Å²) < 4.78 is 48.2. The number of nitrogens with one attached hydrogen (secondary N) is 1. The van der Waals surface area contributed by atoms with E-state index in [0.29, 0.717) is 0 Å². The van der Waals surface area contributed by atoms with Crippen molar-refractivity contribution in [2.45, 2.75) is 51.1 Å². The third-order valence-electron chi connectivity index (χ3n) is 8.09. The number of hydrogen-bond acceptors (Lipinski definition) is 8. The van der Waals surface area contributed by atoms with Crippen LogP contribution in [0.1, 0.15) is 53.9 Å². The van der Waals surface area contributed by atoms with Crippen molar-refractivity contribution in [1.29, 1.82) is 0 Å². The Kier molecular flexibility index (Phi) is 9.71. The molecule has 2 aliphatic rings. The van der Waals surface area contributed by atoms with E-state index in [-0.39, 0.29) is 78.4 Å². The molecule has 49 heavy (non-hydrogen) atoms. The van der Waals surface area contributed by atoms with Crippen molar-refractivity contribution in [3.05, 3.63) is 52.7 Å². The van der Waals surface area contributed by atoms with Crippen LogP contribution < -0.4 is 5.32 Å². The normalized spacial score (nSPS) is 18.5. The van der Waals surface area contributed by atoms with Crippen molar-refractivity contribution >= 4 is 41.1 Å². The number of anilines is 1. The molecule has 0 aliphatic carbocycles. The number of likely N-dealkylation sites (tertiary alicyclic amines) is 1. The van der Waals surface area contributed by atoms with Crippen molar-refractivity contribution in [3.8, 4) is 11.3 Å². The topological polar surface area (TPSA) is 155 Å². The first-order valence-electron chi connectivity index (χ1n) is 15.3. The Morgan fingerprint density at radius 1 is 1.04 bits per heavy atom. The van der Waals surface area contributed by atoms with Gasteiger partial charge in [0.05, 0.1) is 40.7 Å². The number of imidazole rings is 1. The fraction of sp³-hybridized carbons (Fsp3) is 0.484. The number of rotatable bonds is 5. The summed E-state index contributed by atoms with van der Waals surface area (Å²) in [5.41, 5.74) is -1.70. The van der Waals surface area contributed by atoms with Crippen LogP contribution in [-0.4, -0.2) is 113 Å². The Hall–Kier alpha value is -4.64. The van der Waals surface area contributed by atoms with Crippen molar-refractivity contribution in [2.75, 3.05) is 38.0 Å². The second kappa shape index (κ2) is 13.3. The highest BCUT2D eigenvalue weighted by Gasteiger charge is 2.43. The zero-order valence-corrected chi connectivity index (χ0v) is 28.2. The fourth-order valence-corrected chi connectivity index (χ4v) is 6.05. The summed E-state index contributed by atoms with van der Waals surface area (Å²) in [6.45, 7) is 5.89. The van der Waals surface area contributed by atoms with Crippen LogP contribution in [0.5, 0.6) is 0 Å². The number of hydrogen-bond donors (Lipinski definition) is 2. The van der Waals surface area contributed by atoms with Crippen LogP contribution in [0.4, 0.5) is 23.7 Å². The molecule has 14 nitrogen and oxygen atoms in total. The molecule has 0 radical (unpaired) electrons. The number of aromatic nitrogens is 4. The van der Waals surface area contributed by atoms with Crippen LogP contribution >= 0.6 is 11.6 Å². The van der Waals surface area contributed by atoms with Crippen LogP contribution in [0, 0.1) is 0 Å². The molecule has 4 amide bonds. The van der Waals surface area contributed by atoms with Gasteiger partial charge in [-0.3, -0.25) is 24.0 Å². The van der Waals surface area contributed by atoms with Gasteiger partial charge in [-0.05, 0) is 39.0 Å². The predicted octanol–water partition coefficient (Wildman–Crippen LogP) is 3.40. The molecule has 2 saturated heterocycles. The van der Waals surface area contributed by atoms with Gasteiger partial charge in [0.1, 0.15) is 11.6 Å². The number of amides is 4. The predicted molar refractivity (Wildman–Crippen MR) is 170 cm³/mol. The first kappa shape index (κ1) is 35.7. The number of alkyl halides is 3. The van der Waals surface area contributed by atoms with Crippen LogP contribution in [0.3, 0.4) is 0 Å². The Morgan fingerprint density at radius 3 is 2.31 bits per heavy atom.